The van der Waals surface area contributed by atoms with Crippen molar-refractivity contribution in [2.45, 2.75) is 25.7 Å². The van der Waals surface area contributed by atoms with E-state index >= 15 is 0 Å². The third-order valence-electron chi connectivity index (χ3n) is 9.19. The van der Waals surface area contributed by atoms with Gasteiger partial charge in [0.25, 0.3) is 5.56 Å². The van der Waals surface area contributed by atoms with E-state index in [2.05, 4.69) is 117 Å². The molecule has 8 rings (SSSR count). The van der Waals surface area contributed by atoms with Crippen molar-refractivity contribution in [3.8, 4) is 11.1 Å². The van der Waals surface area contributed by atoms with Gasteiger partial charge >= 0.3 is 0 Å². The van der Waals surface area contributed by atoms with E-state index in [1.165, 1.54) is 16.7 Å². The molecule has 41 heavy (non-hydrogen) atoms. The highest BCUT2D eigenvalue weighted by molar-refractivity contribution is 5.96. The standard InChI is InChI=1S/C38H30N2O/c1-23-11-9-10-16-28(23)27-21-32(26-14-7-4-8-15-26)36-33(22-27)40-37(39-36)30-20-19-29(25-12-5-3-6-13-25)34-24(2)17-18-31(35(30)34)38(40)41/h3-24,28,34H,1-2H3. The van der Waals surface area contributed by atoms with Crippen molar-refractivity contribution in [2.24, 2.45) is 11.8 Å². The van der Waals surface area contributed by atoms with Gasteiger partial charge in [0.15, 0.2) is 0 Å². The third-order valence-corrected chi connectivity index (χ3v) is 9.19. The maximum Gasteiger partial charge on any atom is 0.264 e. The molecule has 2 heterocycles. The Kier molecular flexibility index (Phi) is 5.36. The second-order valence-corrected chi connectivity index (χ2v) is 11.6. The normalized spacial score (nSPS) is 22.5. The van der Waals surface area contributed by atoms with Crippen LogP contribution in [0.3, 0.4) is 0 Å². The molecule has 0 saturated carbocycles. The molecule has 0 saturated heterocycles. The van der Waals surface area contributed by atoms with Gasteiger partial charge in [0.2, 0.25) is 0 Å². The van der Waals surface area contributed by atoms with Crippen molar-refractivity contribution in [1.82, 2.24) is 9.38 Å². The molecule has 3 heteroatoms. The second-order valence-electron chi connectivity index (χ2n) is 11.6. The number of aromatic nitrogens is 2. The van der Waals surface area contributed by atoms with Crippen molar-refractivity contribution in [3.63, 3.8) is 0 Å². The quantitative estimate of drug-likeness (QED) is 0.240. The molecule has 0 fully saturated rings. The van der Waals surface area contributed by atoms with Crippen molar-refractivity contribution >= 4 is 34.4 Å². The lowest BCUT2D eigenvalue weighted by atomic mass is 9.72. The second kappa shape index (κ2) is 9.14. The Balaban J connectivity index is 1.48. The molecule has 0 spiro atoms. The molecule has 2 aromatic heterocycles. The Hall–Kier alpha value is -4.76. The third kappa shape index (κ3) is 3.58. The summed E-state index contributed by atoms with van der Waals surface area (Å²) < 4.78 is 1.88. The SMILES string of the molecule is CC1C=CC=CC1c1cc(-c2ccccc2)c2nc3c4c5c(c(=O)n3c2c1)C=CC(C)C5C(c1ccccc1)=CC=4. The first-order valence-corrected chi connectivity index (χ1v) is 14.5. The Labute approximate surface area is 239 Å². The highest BCUT2D eigenvalue weighted by Crippen LogP contribution is 2.43. The fourth-order valence-corrected chi connectivity index (χ4v) is 7.15. The summed E-state index contributed by atoms with van der Waals surface area (Å²) in [6.07, 6.45) is 17.5. The van der Waals surface area contributed by atoms with E-state index in [9.17, 15) is 4.79 Å². The highest BCUT2D eigenvalue weighted by atomic mass is 16.1. The molecular weight excluding hydrogens is 500 g/mol. The number of nitrogens with zero attached hydrogens (tertiary/aromatic N) is 2. The minimum Gasteiger partial charge on any atom is -0.268 e. The molecule has 0 aliphatic heterocycles. The van der Waals surface area contributed by atoms with Crippen LogP contribution in [0.4, 0.5) is 0 Å². The van der Waals surface area contributed by atoms with E-state index in [4.69, 9.17) is 4.98 Å². The summed E-state index contributed by atoms with van der Waals surface area (Å²) in [5.74, 6) is 0.975. The molecule has 0 radical (unpaired) electrons. The zero-order chi connectivity index (χ0) is 27.7. The van der Waals surface area contributed by atoms with Crippen LogP contribution in [0.1, 0.15) is 47.9 Å². The van der Waals surface area contributed by atoms with E-state index in [-0.39, 0.29) is 23.3 Å². The van der Waals surface area contributed by atoms with Crippen LogP contribution < -0.4 is 10.8 Å². The van der Waals surface area contributed by atoms with Crippen LogP contribution in [0.5, 0.6) is 0 Å². The van der Waals surface area contributed by atoms with E-state index < -0.39 is 0 Å². The first-order chi connectivity index (χ1) is 20.1. The minimum atomic E-state index is 0.0143. The summed E-state index contributed by atoms with van der Waals surface area (Å²) in [6.45, 7) is 4.50. The van der Waals surface area contributed by atoms with Gasteiger partial charge in [0.05, 0.1) is 11.0 Å². The lowest BCUT2D eigenvalue weighted by Crippen LogP contribution is -2.34. The molecule has 4 atom stereocenters. The number of allylic oxidation sites excluding steroid dienone is 7. The smallest absolute Gasteiger partial charge is 0.264 e. The molecule has 3 aliphatic carbocycles. The van der Waals surface area contributed by atoms with Gasteiger partial charge in [-0.15, -0.1) is 0 Å². The first-order valence-electron chi connectivity index (χ1n) is 14.5. The van der Waals surface area contributed by atoms with Crippen molar-refractivity contribution < 1.29 is 0 Å². The molecule has 3 nitrogen and oxygen atoms in total. The van der Waals surface area contributed by atoms with Crippen LogP contribution in [-0.2, 0) is 0 Å². The Morgan fingerprint density at radius 3 is 2.27 bits per heavy atom. The van der Waals surface area contributed by atoms with Gasteiger partial charge < -0.3 is 0 Å². The van der Waals surface area contributed by atoms with Crippen molar-refractivity contribution in [3.05, 3.63) is 147 Å². The van der Waals surface area contributed by atoms with Crippen LogP contribution >= 0.6 is 0 Å². The zero-order valence-electron chi connectivity index (χ0n) is 23.2. The van der Waals surface area contributed by atoms with Crippen molar-refractivity contribution in [1.29, 1.82) is 0 Å². The maximum atomic E-state index is 14.4. The lowest BCUT2D eigenvalue weighted by molar-refractivity contribution is 0.636. The monoisotopic (exact) mass is 530 g/mol. The van der Waals surface area contributed by atoms with E-state index in [1.807, 2.05) is 22.6 Å². The fourth-order valence-electron chi connectivity index (χ4n) is 7.15. The van der Waals surface area contributed by atoms with Crippen LogP contribution in [0.15, 0.2) is 114 Å². The van der Waals surface area contributed by atoms with Gasteiger partial charge in [-0.1, -0.05) is 123 Å². The largest absolute Gasteiger partial charge is 0.268 e. The van der Waals surface area contributed by atoms with Gasteiger partial charge in [-0.2, -0.15) is 0 Å². The van der Waals surface area contributed by atoms with Crippen LogP contribution in [0.2, 0.25) is 0 Å². The summed E-state index contributed by atoms with van der Waals surface area (Å²) in [5, 5.41) is 1.06. The minimum absolute atomic E-state index is 0.0143. The van der Waals surface area contributed by atoms with E-state index in [0.717, 1.165) is 44.2 Å². The maximum absolute atomic E-state index is 14.4. The topological polar surface area (TPSA) is 34.4 Å². The number of hydrogen-bond acceptors (Lipinski definition) is 2. The van der Waals surface area contributed by atoms with Crippen LogP contribution in [0.25, 0.3) is 45.5 Å². The average Bonchev–Trinajstić information content (AvgIpc) is 3.41. The number of hydrogen-bond donors (Lipinski definition) is 0. The Morgan fingerprint density at radius 1 is 0.780 bits per heavy atom. The predicted octanol–water partition coefficient (Wildman–Crippen LogP) is 7.70. The number of imidazole rings is 1. The summed E-state index contributed by atoms with van der Waals surface area (Å²) in [7, 11) is 0. The average molecular weight is 531 g/mol. The van der Waals surface area contributed by atoms with Crippen LogP contribution in [-0.4, -0.2) is 9.38 Å². The van der Waals surface area contributed by atoms with Gasteiger partial charge in [0, 0.05) is 28.2 Å². The molecule has 0 bridgehead atoms. The fraction of sp³-hybridized carbons (Fsp3) is 0.158. The first kappa shape index (κ1) is 24.1. The molecule has 3 aliphatic rings. The number of benzene rings is 3. The Bertz CT molecular complexity index is 2090. The molecular formula is C38H30N2O. The van der Waals surface area contributed by atoms with Gasteiger partial charge in [0.1, 0.15) is 5.65 Å². The van der Waals surface area contributed by atoms with Crippen LogP contribution in [0, 0.1) is 11.8 Å². The number of rotatable bonds is 3. The predicted molar refractivity (Wildman–Crippen MR) is 170 cm³/mol. The molecule has 4 unspecified atom stereocenters. The number of fused-ring (bicyclic) bond motifs is 4. The zero-order valence-corrected chi connectivity index (χ0v) is 23.2. The van der Waals surface area contributed by atoms with Gasteiger partial charge in [-0.3, -0.25) is 9.20 Å². The van der Waals surface area contributed by atoms with Gasteiger partial charge in [-0.05, 0) is 51.8 Å². The highest BCUT2D eigenvalue weighted by Gasteiger charge is 2.33. The Morgan fingerprint density at radius 2 is 1.51 bits per heavy atom. The summed E-state index contributed by atoms with van der Waals surface area (Å²) in [6, 6.07) is 25.5. The molecule has 5 aromatic rings. The van der Waals surface area contributed by atoms with Crippen molar-refractivity contribution in [2.75, 3.05) is 0 Å². The van der Waals surface area contributed by atoms with E-state index in [1.54, 1.807) is 0 Å². The molecule has 0 N–H and O–H groups in total. The lowest BCUT2D eigenvalue weighted by Gasteiger charge is -2.32. The molecule has 0 amide bonds. The summed E-state index contributed by atoms with van der Waals surface area (Å²) >= 11 is 0. The van der Waals surface area contributed by atoms with E-state index in [0.29, 0.717) is 5.92 Å². The molecule has 3 aromatic carbocycles. The number of pyridine rings is 1. The summed E-state index contributed by atoms with van der Waals surface area (Å²) in [5.41, 5.74) is 10.3. The molecule has 198 valence electrons. The summed E-state index contributed by atoms with van der Waals surface area (Å²) in [4.78, 5) is 19.7. The van der Waals surface area contributed by atoms with Gasteiger partial charge in [-0.25, -0.2) is 4.98 Å².